The number of nitrogens with zero attached hydrogens (tertiary/aromatic N) is 3. The van der Waals surface area contributed by atoms with Gasteiger partial charge < -0.3 is 10.4 Å². The van der Waals surface area contributed by atoms with E-state index in [0.29, 0.717) is 6.54 Å². The smallest absolute Gasteiger partial charge is 0.325 e. The van der Waals surface area contributed by atoms with E-state index >= 15 is 0 Å². The van der Waals surface area contributed by atoms with E-state index in [0.717, 1.165) is 30.6 Å². The standard InChI is InChI=1S/C12H20N4O4S/c1-2-16(10-3-5-13-6-4-10)21(19,20)11-7-14-15(8-11)9-12(17)18/h7-8,10,13H,2-6,9H2,1H3,(H,17,18). The molecule has 118 valence electrons. The van der Waals surface area contributed by atoms with Crippen molar-refractivity contribution in [2.45, 2.75) is 37.2 Å². The number of rotatable bonds is 6. The summed E-state index contributed by atoms with van der Waals surface area (Å²) in [7, 11) is -3.64. The Balaban J connectivity index is 2.21. The molecule has 21 heavy (non-hydrogen) atoms. The summed E-state index contributed by atoms with van der Waals surface area (Å²) in [6.45, 7) is 3.44. The first kappa shape index (κ1) is 15.9. The molecule has 8 nitrogen and oxygen atoms in total. The Bertz CT molecular complexity index is 592. The van der Waals surface area contributed by atoms with Gasteiger partial charge in [-0.3, -0.25) is 9.48 Å². The van der Waals surface area contributed by atoms with Crippen LogP contribution in [0.15, 0.2) is 17.3 Å². The molecule has 0 aromatic carbocycles. The molecule has 2 rings (SSSR count). The molecule has 0 saturated carbocycles. The van der Waals surface area contributed by atoms with Crippen molar-refractivity contribution in [2.75, 3.05) is 19.6 Å². The van der Waals surface area contributed by atoms with Crippen molar-refractivity contribution in [1.29, 1.82) is 0 Å². The second-order valence-electron chi connectivity index (χ2n) is 4.96. The number of nitrogens with one attached hydrogen (secondary N) is 1. The summed E-state index contributed by atoms with van der Waals surface area (Å²) in [5, 5.41) is 15.7. The molecule has 0 unspecified atom stereocenters. The largest absolute Gasteiger partial charge is 0.480 e. The minimum Gasteiger partial charge on any atom is -0.480 e. The van der Waals surface area contributed by atoms with Gasteiger partial charge in [0.05, 0.1) is 6.20 Å². The zero-order valence-corrected chi connectivity index (χ0v) is 12.7. The number of aliphatic carboxylic acids is 1. The Morgan fingerprint density at radius 3 is 2.76 bits per heavy atom. The van der Waals surface area contributed by atoms with Crippen LogP contribution in [0.3, 0.4) is 0 Å². The van der Waals surface area contributed by atoms with Crippen molar-refractivity contribution in [3.63, 3.8) is 0 Å². The second-order valence-corrected chi connectivity index (χ2v) is 6.85. The minimum absolute atomic E-state index is 0.0240. The van der Waals surface area contributed by atoms with Crippen LogP contribution in [0.5, 0.6) is 0 Å². The maximum atomic E-state index is 12.7. The number of hydrogen-bond acceptors (Lipinski definition) is 5. The molecule has 0 atom stereocenters. The molecule has 0 bridgehead atoms. The molecule has 1 aromatic heterocycles. The van der Waals surface area contributed by atoms with Gasteiger partial charge in [0.2, 0.25) is 10.0 Å². The van der Waals surface area contributed by atoms with Crippen LogP contribution < -0.4 is 5.32 Å². The highest BCUT2D eigenvalue weighted by atomic mass is 32.2. The van der Waals surface area contributed by atoms with E-state index < -0.39 is 16.0 Å². The highest BCUT2D eigenvalue weighted by Gasteiger charge is 2.32. The lowest BCUT2D eigenvalue weighted by Gasteiger charge is -2.32. The van der Waals surface area contributed by atoms with E-state index in [1.165, 1.54) is 16.7 Å². The van der Waals surface area contributed by atoms with E-state index in [1.807, 2.05) is 0 Å². The lowest BCUT2D eigenvalue weighted by atomic mass is 10.1. The highest BCUT2D eigenvalue weighted by molar-refractivity contribution is 7.89. The molecule has 1 aliphatic heterocycles. The van der Waals surface area contributed by atoms with Gasteiger partial charge in [-0.25, -0.2) is 8.42 Å². The fourth-order valence-electron chi connectivity index (χ4n) is 2.56. The van der Waals surface area contributed by atoms with Crippen molar-refractivity contribution in [3.8, 4) is 0 Å². The van der Waals surface area contributed by atoms with Gasteiger partial charge in [-0.05, 0) is 25.9 Å². The molecule has 9 heteroatoms. The predicted molar refractivity (Wildman–Crippen MR) is 75.3 cm³/mol. The van der Waals surface area contributed by atoms with Crippen molar-refractivity contribution in [2.24, 2.45) is 0 Å². The number of piperidine rings is 1. The molecule has 1 aliphatic rings. The average molecular weight is 316 g/mol. The zero-order valence-electron chi connectivity index (χ0n) is 11.9. The molecule has 1 aromatic rings. The maximum Gasteiger partial charge on any atom is 0.325 e. The zero-order chi connectivity index (χ0) is 15.5. The average Bonchev–Trinajstić information content (AvgIpc) is 2.89. The van der Waals surface area contributed by atoms with Crippen molar-refractivity contribution < 1.29 is 18.3 Å². The number of sulfonamides is 1. The molecule has 1 fully saturated rings. The van der Waals surface area contributed by atoms with Crippen molar-refractivity contribution >= 4 is 16.0 Å². The Morgan fingerprint density at radius 1 is 1.52 bits per heavy atom. The van der Waals surface area contributed by atoms with Crippen molar-refractivity contribution in [3.05, 3.63) is 12.4 Å². The quantitative estimate of drug-likeness (QED) is 0.748. The highest BCUT2D eigenvalue weighted by Crippen LogP contribution is 2.21. The lowest BCUT2D eigenvalue weighted by Crippen LogP contribution is -2.45. The number of hydrogen-bond donors (Lipinski definition) is 2. The Hall–Kier alpha value is -1.45. The Morgan fingerprint density at radius 2 is 2.19 bits per heavy atom. The first-order valence-corrected chi connectivity index (χ1v) is 8.36. The van der Waals surface area contributed by atoms with Gasteiger partial charge in [0.15, 0.2) is 0 Å². The van der Waals surface area contributed by atoms with Crippen LogP contribution in [-0.2, 0) is 21.4 Å². The summed E-state index contributed by atoms with van der Waals surface area (Å²) in [6.07, 6.45) is 4.03. The Kier molecular flexibility index (Phi) is 4.96. The first-order valence-electron chi connectivity index (χ1n) is 6.92. The first-order chi connectivity index (χ1) is 9.95. The van der Waals surface area contributed by atoms with Gasteiger partial charge >= 0.3 is 5.97 Å². The van der Waals surface area contributed by atoms with Crippen LogP contribution in [0, 0.1) is 0 Å². The van der Waals surface area contributed by atoms with Gasteiger partial charge in [0.25, 0.3) is 0 Å². The molecular weight excluding hydrogens is 296 g/mol. The van der Waals surface area contributed by atoms with Gasteiger partial charge in [-0.1, -0.05) is 6.92 Å². The number of carbonyl (C=O) groups is 1. The number of aromatic nitrogens is 2. The third-order valence-electron chi connectivity index (χ3n) is 3.54. The molecular formula is C12H20N4O4S. The SMILES string of the molecule is CCN(C1CCNCC1)S(=O)(=O)c1cnn(CC(=O)O)c1. The normalized spacial score (nSPS) is 17.2. The summed E-state index contributed by atoms with van der Waals surface area (Å²) < 4.78 is 27.9. The summed E-state index contributed by atoms with van der Waals surface area (Å²) >= 11 is 0. The molecule has 2 heterocycles. The summed E-state index contributed by atoms with van der Waals surface area (Å²) in [5.74, 6) is -1.06. The summed E-state index contributed by atoms with van der Waals surface area (Å²) in [5.41, 5.74) is 0. The van der Waals surface area contributed by atoms with Crippen LogP contribution in [-0.4, -0.2) is 59.3 Å². The van der Waals surface area contributed by atoms with E-state index in [1.54, 1.807) is 6.92 Å². The lowest BCUT2D eigenvalue weighted by molar-refractivity contribution is -0.137. The molecule has 0 radical (unpaired) electrons. The van der Waals surface area contributed by atoms with E-state index in [2.05, 4.69) is 10.4 Å². The monoisotopic (exact) mass is 316 g/mol. The van der Waals surface area contributed by atoms with E-state index in [4.69, 9.17) is 5.11 Å². The fourth-order valence-corrected chi connectivity index (χ4v) is 4.21. The van der Waals surface area contributed by atoms with Gasteiger partial charge in [-0.15, -0.1) is 0 Å². The molecule has 0 spiro atoms. The molecule has 2 N–H and O–H groups in total. The second kappa shape index (κ2) is 6.54. The third-order valence-corrected chi connectivity index (χ3v) is 5.52. The number of carboxylic acids is 1. The topological polar surface area (TPSA) is 105 Å². The van der Waals surface area contributed by atoms with Crippen LogP contribution >= 0.6 is 0 Å². The van der Waals surface area contributed by atoms with E-state index in [9.17, 15) is 13.2 Å². The van der Waals surface area contributed by atoms with Gasteiger partial charge in [0, 0.05) is 18.8 Å². The van der Waals surface area contributed by atoms with Crippen LogP contribution in [0.2, 0.25) is 0 Å². The minimum atomic E-state index is -3.64. The molecule has 1 saturated heterocycles. The predicted octanol–water partition coefficient (Wildman–Crippen LogP) is -0.270. The maximum absolute atomic E-state index is 12.7. The van der Waals surface area contributed by atoms with Gasteiger partial charge in [-0.2, -0.15) is 9.40 Å². The van der Waals surface area contributed by atoms with Crippen LogP contribution in [0.25, 0.3) is 0 Å². The van der Waals surface area contributed by atoms with E-state index in [-0.39, 0.29) is 17.5 Å². The number of carboxylic acid groups (broad SMARTS) is 1. The molecule has 0 aliphatic carbocycles. The fraction of sp³-hybridized carbons (Fsp3) is 0.667. The summed E-state index contributed by atoms with van der Waals surface area (Å²) in [6, 6.07) is -0.0240. The van der Waals surface area contributed by atoms with Gasteiger partial charge in [0.1, 0.15) is 11.4 Å². The van der Waals surface area contributed by atoms with Crippen molar-refractivity contribution in [1.82, 2.24) is 19.4 Å². The Labute approximate surface area is 123 Å². The summed E-state index contributed by atoms with van der Waals surface area (Å²) in [4.78, 5) is 10.7. The van der Waals surface area contributed by atoms with Crippen LogP contribution in [0.4, 0.5) is 0 Å². The van der Waals surface area contributed by atoms with Crippen LogP contribution in [0.1, 0.15) is 19.8 Å². The molecule has 0 amide bonds. The third kappa shape index (κ3) is 3.60.